The van der Waals surface area contributed by atoms with Gasteiger partial charge in [-0.3, -0.25) is 10.1 Å². The number of nitro groups is 1. The lowest BCUT2D eigenvalue weighted by Crippen LogP contribution is -1.96. The topological polar surface area (TPSA) is 91.8 Å². The van der Waals surface area contributed by atoms with E-state index in [9.17, 15) is 15.4 Å². The molecule has 0 radical (unpaired) electrons. The van der Waals surface area contributed by atoms with Gasteiger partial charge < -0.3 is 5.32 Å². The average Bonchev–Trinajstić information content (AvgIpc) is 3.14. The predicted molar refractivity (Wildman–Crippen MR) is 107 cm³/mol. The summed E-state index contributed by atoms with van der Waals surface area (Å²) in [6, 6.07) is 14.5. The van der Waals surface area contributed by atoms with Crippen molar-refractivity contribution in [1.82, 2.24) is 4.98 Å². The summed E-state index contributed by atoms with van der Waals surface area (Å²) in [5.74, 6) is 0. The maximum atomic E-state index is 11.1. The number of benzene rings is 2. The van der Waals surface area contributed by atoms with Crippen molar-refractivity contribution < 1.29 is 4.92 Å². The van der Waals surface area contributed by atoms with Gasteiger partial charge in [-0.2, -0.15) is 5.26 Å². The lowest BCUT2D eigenvalue weighted by Gasteiger charge is -2.03. The van der Waals surface area contributed by atoms with Crippen molar-refractivity contribution in [3.8, 4) is 17.3 Å². The fourth-order valence-electron chi connectivity index (χ4n) is 2.48. The van der Waals surface area contributed by atoms with E-state index in [4.69, 9.17) is 0 Å². The van der Waals surface area contributed by atoms with Crippen LogP contribution in [0.2, 0.25) is 0 Å². The number of nitrogens with one attached hydrogen (secondary N) is 1. The van der Waals surface area contributed by atoms with E-state index in [1.165, 1.54) is 34.7 Å². The number of nitro benzene ring substituents is 1. The van der Waals surface area contributed by atoms with Crippen molar-refractivity contribution >= 4 is 28.3 Å². The molecule has 27 heavy (non-hydrogen) atoms. The quantitative estimate of drug-likeness (QED) is 0.370. The number of anilines is 1. The predicted octanol–water partition coefficient (Wildman–Crippen LogP) is 5.31. The number of nitrogens with zero attached hydrogens (tertiary/aromatic N) is 3. The Morgan fingerprint density at radius 1 is 1.26 bits per heavy atom. The Kier molecular flexibility index (Phi) is 5.29. The number of aromatic nitrogens is 1. The normalized spacial score (nSPS) is 11.1. The summed E-state index contributed by atoms with van der Waals surface area (Å²) in [6.45, 7) is 4.10. The minimum Gasteiger partial charge on any atom is -0.355 e. The molecule has 0 amide bonds. The SMILES string of the molecule is Cc1ccc(-c2csc(/C(C#N)=C/Nc3ccccc3[N+](=O)[O-])n2)cc1C. The Hall–Kier alpha value is -3.50. The van der Waals surface area contributed by atoms with Crippen LogP contribution in [-0.4, -0.2) is 9.91 Å². The third-order valence-electron chi connectivity index (χ3n) is 4.13. The first-order chi connectivity index (χ1) is 13.0. The molecule has 134 valence electrons. The molecular formula is C20H16N4O2S. The molecule has 0 atom stereocenters. The van der Waals surface area contributed by atoms with Crippen LogP contribution in [0.4, 0.5) is 11.4 Å². The van der Waals surface area contributed by atoms with Gasteiger partial charge in [-0.1, -0.05) is 24.3 Å². The van der Waals surface area contributed by atoms with Gasteiger partial charge in [0.1, 0.15) is 22.3 Å². The molecule has 0 aliphatic heterocycles. The zero-order valence-corrected chi connectivity index (χ0v) is 15.6. The molecule has 0 saturated heterocycles. The van der Waals surface area contributed by atoms with Gasteiger partial charge >= 0.3 is 0 Å². The zero-order valence-electron chi connectivity index (χ0n) is 14.8. The molecule has 0 bridgehead atoms. The van der Waals surface area contributed by atoms with Crippen molar-refractivity contribution in [2.45, 2.75) is 13.8 Å². The minimum atomic E-state index is -0.469. The van der Waals surface area contributed by atoms with Gasteiger partial charge in [0, 0.05) is 23.2 Å². The summed E-state index contributed by atoms with van der Waals surface area (Å²) in [5.41, 5.74) is 4.75. The third-order valence-corrected chi connectivity index (χ3v) is 5.01. The van der Waals surface area contributed by atoms with Gasteiger partial charge in [0.15, 0.2) is 0 Å². The van der Waals surface area contributed by atoms with E-state index in [2.05, 4.69) is 29.4 Å². The number of allylic oxidation sites excluding steroid dienone is 1. The molecule has 7 heteroatoms. The standard InChI is InChI=1S/C20H16N4O2S/c1-13-7-8-15(9-14(13)2)18-12-27-20(23-18)16(10-21)11-22-17-5-3-4-6-19(17)24(25)26/h3-9,11-12,22H,1-2H3/b16-11+. The smallest absolute Gasteiger partial charge is 0.292 e. The molecule has 0 spiro atoms. The van der Waals surface area contributed by atoms with Gasteiger partial charge in [0.2, 0.25) is 0 Å². The number of para-hydroxylation sites is 2. The van der Waals surface area contributed by atoms with Crippen molar-refractivity contribution in [3.05, 3.63) is 80.3 Å². The molecule has 0 saturated carbocycles. The molecule has 6 nitrogen and oxygen atoms in total. The molecule has 1 heterocycles. The van der Waals surface area contributed by atoms with Crippen molar-refractivity contribution in [2.24, 2.45) is 0 Å². The van der Waals surface area contributed by atoms with Gasteiger partial charge in [0.05, 0.1) is 10.6 Å². The number of aryl methyl sites for hydroxylation is 2. The highest BCUT2D eigenvalue weighted by Crippen LogP contribution is 2.28. The van der Waals surface area contributed by atoms with Gasteiger partial charge in [-0.15, -0.1) is 11.3 Å². The second-order valence-electron chi connectivity index (χ2n) is 5.93. The molecule has 1 aromatic heterocycles. The number of thiazole rings is 1. The average molecular weight is 376 g/mol. The number of hydrogen-bond acceptors (Lipinski definition) is 6. The highest BCUT2D eigenvalue weighted by Gasteiger charge is 2.13. The maximum absolute atomic E-state index is 11.1. The van der Waals surface area contributed by atoms with Crippen LogP contribution in [0.5, 0.6) is 0 Å². The second kappa shape index (κ2) is 7.81. The maximum Gasteiger partial charge on any atom is 0.292 e. The van der Waals surface area contributed by atoms with Crippen LogP contribution in [0.3, 0.4) is 0 Å². The zero-order chi connectivity index (χ0) is 19.4. The first kappa shape index (κ1) is 18.3. The first-order valence-electron chi connectivity index (χ1n) is 8.13. The van der Waals surface area contributed by atoms with Gasteiger partial charge in [-0.05, 0) is 37.1 Å². The molecule has 0 fully saturated rings. The van der Waals surface area contributed by atoms with Crippen LogP contribution in [0, 0.1) is 35.3 Å². The number of hydrogen-bond donors (Lipinski definition) is 1. The number of rotatable bonds is 5. The fourth-order valence-corrected chi connectivity index (χ4v) is 3.27. The molecule has 2 aromatic carbocycles. The Morgan fingerprint density at radius 3 is 2.74 bits per heavy atom. The summed E-state index contributed by atoms with van der Waals surface area (Å²) >= 11 is 1.36. The van der Waals surface area contributed by atoms with E-state index in [0.29, 0.717) is 16.3 Å². The Morgan fingerprint density at radius 2 is 2.04 bits per heavy atom. The summed E-state index contributed by atoms with van der Waals surface area (Å²) < 4.78 is 0. The van der Waals surface area contributed by atoms with E-state index in [0.717, 1.165) is 11.3 Å². The Labute approximate surface area is 160 Å². The van der Waals surface area contributed by atoms with Crippen LogP contribution in [0.25, 0.3) is 16.8 Å². The van der Waals surface area contributed by atoms with E-state index in [1.54, 1.807) is 18.2 Å². The lowest BCUT2D eigenvalue weighted by atomic mass is 10.1. The van der Waals surface area contributed by atoms with Gasteiger partial charge in [0.25, 0.3) is 5.69 Å². The largest absolute Gasteiger partial charge is 0.355 e. The monoisotopic (exact) mass is 376 g/mol. The highest BCUT2D eigenvalue weighted by atomic mass is 32.1. The van der Waals surface area contributed by atoms with Crippen LogP contribution in [0.15, 0.2) is 54.0 Å². The third kappa shape index (κ3) is 4.02. The number of nitriles is 1. The summed E-state index contributed by atoms with van der Waals surface area (Å²) in [4.78, 5) is 15.2. The van der Waals surface area contributed by atoms with Crippen LogP contribution in [-0.2, 0) is 0 Å². The molecule has 0 aliphatic carbocycles. The molecule has 0 unspecified atom stereocenters. The van der Waals surface area contributed by atoms with Crippen molar-refractivity contribution in [2.75, 3.05) is 5.32 Å². The fraction of sp³-hybridized carbons (Fsp3) is 0.100. The Bertz CT molecular complexity index is 1080. The summed E-state index contributed by atoms with van der Waals surface area (Å²) in [7, 11) is 0. The van der Waals surface area contributed by atoms with E-state index >= 15 is 0 Å². The Balaban J connectivity index is 1.88. The first-order valence-corrected chi connectivity index (χ1v) is 9.01. The second-order valence-corrected chi connectivity index (χ2v) is 6.78. The van der Waals surface area contributed by atoms with Crippen LogP contribution < -0.4 is 5.32 Å². The van der Waals surface area contributed by atoms with E-state index in [1.807, 2.05) is 24.4 Å². The van der Waals surface area contributed by atoms with E-state index in [-0.39, 0.29) is 5.69 Å². The minimum absolute atomic E-state index is 0.0546. The molecule has 3 aromatic rings. The molecular weight excluding hydrogens is 360 g/mol. The molecule has 3 rings (SSSR count). The van der Waals surface area contributed by atoms with Crippen molar-refractivity contribution in [3.63, 3.8) is 0 Å². The summed E-state index contributed by atoms with van der Waals surface area (Å²) in [5, 5.41) is 25.9. The van der Waals surface area contributed by atoms with Crippen LogP contribution in [0.1, 0.15) is 16.1 Å². The summed E-state index contributed by atoms with van der Waals surface area (Å²) in [6.07, 6.45) is 1.45. The van der Waals surface area contributed by atoms with Crippen molar-refractivity contribution in [1.29, 1.82) is 5.26 Å². The molecule has 0 aliphatic rings. The lowest BCUT2D eigenvalue weighted by molar-refractivity contribution is -0.383. The van der Waals surface area contributed by atoms with Gasteiger partial charge in [-0.25, -0.2) is 4.98 Å². The van der Waals surface area contributed by atoms with E-state index < -0.39 is 4.92 Å². The van der Waals surface area contributed by atoms with Crippen LogP contribution >= 0.6 is 11.3 Å². The highest BCUT2D eigenvalue weighted by molar-refractivity contribution is 7.11. The molecule has 1 N–H and O–H groups in total.